The highest BCUT2D eigenvalue weighted by molar-refractivity contribution is 7.11. The first-order valence-corrected chi connectivity index (χ1v) is 10.0. The summed E-state index contributed by atoms with van der Waals surface area (Å²) in [5, 5.41) is 2.11. The zero-order chi connectivity index (χ0) is 17.9. The van der Waals surface area contributed by atoms with Crippen LogP contribution in [0.25, 0.3) is 5.57 Å². The molecule has 26 heavy (non-hydrogen) atoms. The van der Waals surface area contributed by atoms with Gasteiger partial charge in [0.15, 0.2) is 0 Å². The van der Waals surface area contributed by atoms with Crippen LogP contribution in [0.1, 0.15) is 42.2 Å². The summed E-state index contributed by atoms with van der Waals surface area (Å²) in [7, 11) is 0. The van der Waals surface area contributed by atoms with Crippen LogP contribution in [-0.4, -0.2) is 30.5 Å². The summed E-state index contributed by atoms with van der Waals surface area (Å²) in [4.78, 5) is 15.1. The average molecular weight is 369 g/mol. The van der Waals surface area contributed by atoms with Crippen molar-refractivity contribution in [2.75, 3.05) is 19.6 Å². The Balaban J connectivity index is 1.67. The molecule has 2 aromatic rings. The number of thiophene rings is 1. The third kappa shape index (κ3) is 3.69. The minimum absolute atomic E-state index is 0.309. The Kier molecular flexibility index (Phi) is 5.09. The third-order valence-electron chi connectivity index (χ3n) is 4.87. The van der Waals surface area contributed by atoms with E-state index in [0.29, 0.717) is 12.4 Å². The van der Waals surface area contributed by atoms with E-state index in [-0.39, 0.29) is 5.97 Å². The number of fused-ring (bicyclic) bond motifs is 2. The van der Waals surface area contributed by atoms with Crippen molar-refractivity contribution >= 4 is 22.9 Å². The van der Waals surface area contributed by atoms with Gasteiger partial charge in [-0.1, -0.05) is 6.08 Å². The van der Waals surface area contributed by atoms with Gasteiger partial charge in [0.1, 0.15) is 18.1 Å². The lowest BCUT2D eigenvalue weighted by Crippen LogP contribution is -2.19. The van der Waals surface area contributed by atoms with Gasteiger partial charge in [-0.25, -0.2) is 0 Å². The van der Waals surface area contributed by atoms with Crippen molar-refractivity contribution in [1.29, 1.82) is 0 Å². The van der Waals surface area contributed by atoms with Gasteiger partial charge in [0.2, 0.25) is 0 Å². The van der Waals surface area contributed by atoms with Crippen molar-refractivity contribution in [2.24, 2.45) is 0 Å². The second kappa shape index (κ2) is 7.64. The molecule has 0 saturated carbocycles. The Morgan fingerprint density at radius 2 is 2.15 bits per heavy atom. The molecule has 0 unspecified atom stereocenters. The molecule has 0 atom stereocenters. The first-order valence-electron chi connectivity index (χ1n) is 9.15. The van der Waals surface area contributed by atoms with Crippen LogP contribution in [0.15, 0.2) is 35.7 Å². The zero-order valence-corrected chi connectivity index (χ0v) is 15.8. The molecule has 1 aromatic heterocycles. The number of carbonyl (C=O) groups excluding carboxylic acids is 1. The van der Waals surface area contributed by atoms with Gasteiger partial charge in [0.05, 0.1) is 0 Å². The fourth-order valence-corrected chi connectivity index (χ4v) is 4.61. The van der Waals surface area contributed by atoms with Crippen LogP contribution < -0.4 is 9.47 Å². The van der Waals surface area contributed by atoms with Gasteiger partial charge in [-0.15, -0.1) is 11.3 Å². The van der Waals surface area contributed by atoms with Crippen molar-refractivity contribution in [3.05, 3.63) is 51.7 Å². The predicted molar refractivity (Wildman–Crippen MR) is 104 cm³/mol. The summed E-state index contributed by atoms with van der Waals surface area (Å²) >= 11 is 1.74. The van der Waals surface area contributed by atoms with Gasteiger partial charge in [-0.05, 0) is 67.6 Å². The topological polar surface area (TPSA) is 38.8 Å². The lowest BCUT2D eigenvalue weighted by Gasteiger charge is -2.14. The fourth-order valence-electron chi connectivity index (χ4n) is 3.64. The van der Waals surface area contributed by atoms with Crippen molar-refractivity contribution < 1.29 is 14.3 Å². The number of hydrogen-bond donors (Lipinski definition) is 0. The Hall–Kier alpha value is -2.11. The molecule has 5 heteroatoms. The molecule has 4 rings (SSSR count). The fraction of sp³-hybridized carbons (Fsp3) is 0.381. The van der Waals surface area contributed by atoms with Crippen molar-refractivity contribution in [2.45, 2.75) is 32.8 Å². The molecule has 2 aliphatic rings. The number of likely N-dealkylation sites (tertiary alicyclic amines) is 1. The van der Waals surface area contributed by atoms with Crippen LogP contribution in [0.4, 0.5) is 0 Å². The maximum Gasteiger partial charge on any atom is 0.308 e. The van der Waals surface area contributed by atoms with Gasteiger partial charge in [0.25, 0.3) is 0 Å². The van der Waals surface area contributed by atoms with Crippen LogP contribution >= 0.6 is 11.3 Å². The molecular formula is C21H23NO3S. The molecule has 2 aliphatic heterocycles. The molecule has 0 amide bonds. The smallest absolute Gasteiger partial charge is 0.308 e. The Labute approximate surface area is 158 Å². The molecule has 0 spiro atoms. The second-order valence-corrected chi connectivity index (χ2v) is 7.69. The monoisotopic (exact) mass is 369 g/mol. The molecule has 0 aliphatic carbocycles. The molecule has 0 radical (unpaired) electrons. The van der Waals surface area contributed by atoms with Gasteiger partial charge in [0, 0.05) is 29.5 Å². The molecule has 3 heterocycles. The normalized spacial score (nSPS) is 18.1. The average Bonchev–Trinajstić information content (AvgIpc) is 3.27. The minimum Gasteiger partial charge on any atom is -0.488 e. The summed E-state index contributed by atoms with van der Waals surface area (Å²) in [5.41, 5.74) is 3.41. The van der Waals surface area contributed by atoms with E-state index in [4.69, 9.17) is 9.47 Å². The maximum atomic E-state index is 11.3. The Bertz CT molecular complexity index is 834. The van der Waals surface area contributed by atoms with E-state index in [0.717, 1.165) is 24.3 Å². The lowest BCUT2D eigenvalue weighted by atomic mass is 10.00. The van der Waals surface area contributed by atoms with Gasteiger partial charge >= 0.3 is 5.97 Å². The van der Waals surface area contributed by atoms with Crippen molar-refractivity contribution in [1.82, 2.24) is 4.90 Å². The highest BCUT2D eigenvalue weighted by atomic mass is 32.1. The van der Waals surface area contributed by atoms with E-state index in [9.17, 15) is 4.79 Å². The molecular weight excluding hydrogens is 346 g/mol. The van der Waals surface area contributed by atoms with Gasteiger partial charge in [-0.3, -0.25) is 4.79 Å². The van der Waals surface area contributed by atoms with Crippen LogP contribution in [0.3, 0.4) is 0 Å². The first kappa shape index (κ1) is 17.3. The first-order chi connectivity index (χ1) is 12.7. The molecule has 4 nitrogen and oxygen atoms in total. The van der Waals surface area contributed by atoms with Crippen molar-refractivity contribution in [3.8, 4) is 11.5 Å². The quantitative estimate of drug-likeness (QED) is 0.588. The summed E-state index contributed by atoms with van der Waals surface area (Å²) in [6.45, 7) is 5.51. The number of ether oxygens (including phenoxy) is 2. The number of esters is 1. The summed E-state index contributed by atoms with van der Waals surface area (Å²) < 4.78 is 11.3. The standard InChI is InChI=1S/C21H23NO3S/c1-15(23)25-17-6-7-20-19(13-17)18(5-4-11-22-9-2-3-10-22)21-16(14-24-20)8-12-26-21/h5-8,12-13H,2-4,9-11,14H2,1H3/b18-5-. The lowest BCUT2D eigenvalue weighted by molar-refractivity contribution is -0.131. The molecule has 1 aromatic carbocycles. The second-order valence-electron chi connectivity index (χ2n) is 6.77. The zero-order valence-electron chi connectivity index (χ0n) is 15.0. The largest absolute Gasteiger partial charge is 0.488 e. The van der Waals surface area contributed by atoms with E-state index in [1.165, 1.54) is 48.9 Å². The number of hydrogen-bond acceptors (Lipinski definition) is 5. The van der Waals surface area contributed by atoms with Gasteiger partial charge < -0.3 is 14.4 Å². The Morgan fingerprint density at radius 3 is 2.96 bits per heavy atom. The summed E-state index contributed by atoms with van der Waals surface area (Å²) in [5.74, 6) is 1.10. The van der Waals surface area contributed by atoms with Crippen LogP contribution in [0.5, 0.6) is 11.5 Å². The molecule has 0 N–H and O–H groups in total. The number of benzene rings is 1. The Morgan fingerprint density at radius 1 is 1.31 bits per heavy atom. The van der Waals surface area contributed by atoms with E-state index in [2.05, 4.69) is 22.4 Å². The number of rotatable bonds is 4. The van der Waals surface area contributed by atoms with E-state index in [1.807, 2.05) is 12.1 Å². The van der Waals surface area contributed by atoms with E-state index in [1.54, 1.807) is 17.4 Å². The molecule has 136 valence electrons. The van der Waals surface area contributed by atoms with Crippen LogP contribution in [0, 0.1) is 0 Å². The van der Waals surface area contributed by atoms with Crippen LogP contribution in [0.2, 0.25) is 0 Å². The van der Waals surface area contributed by atoms with Gasteiger partial charge in [-0.2, -0.15) is 0 Å². The highest BCUT2D eigenvalue weighted by Crippen LogP contribution is 2.41. The highest BCUT2D eigenvalue weighted by Gasteiger charge is 2.21. The summed E-state index contributed by atoms with van der Waals surface area (Å²) in [6, 6.07) is 7.75. The van der Waals surface area contributed by atoms with E-state index >= 15 is 0 Å². The van der Waals surface area contributed by atoms with Crippen LogP contribution in [-0.2, 0) is 11.4 Å². The summed E-state index contributed by atoms with van der Waals surface area (Å²) in [6.07, 6.45) is 5.95. The molecule has 1 saturated heterocycles. The number of nitrogens with zero attached hydrogens (tertiary/aromatic N) is 1. The van der Waals surface area contributed by atoms with Crippen molar-refractivity contribution in [3.63, 3.8) is 0 Å². The number of carbonyl (C=O) groups is 1. The maximum absolute atomic E-state index is 11.3. The SMILES string of the molecule is CC(=O)Oc1ccc2c(c1)/C(=C/CCN1CCCC1)c1sccc1CO2. The minimum atomic E-state index is -0.309. The molecule has 1 fully saturated rings. The molecule has 0 bridgehead atoms. The van der Waals surface area contributed by atoms with E-state index < -0.39 is 0 Å². The third-order valence-corrected chi connectivity index (χ3v) is 5.86. The predicted octanol–water partition coefficient (Wildman–Crippen LogP) is 4.48.